The molecule has 16 heavy (non-hydrogen) atoms. The highest BCUT2D eigenvalue weighted by molar-refractivity contribution is 5.90. The van der Waals surface area contributed by atoms with Crippen LogP contribution in [0.2, 0.25) is 0 Å². The lowest BCUT2D eigenvalue weighted by atomic mass is 10.3. The molecule has 0 amide bonds. The predicted octanol–water partition coefficient (Wildman–Crippen LogP) is 1.74. The lowest BCUT2D eigenvalue weighted by molar-refractivity contribution is 0.0492. The Morgan fingerprint density at radius 1 is 1.38 bits per heavy atom. The van der Waals surface area contributed by atoms with E-state index in [1.54, 1.807) is 0 Å². The average molecular weight is 223 g/mol. The molecule has 5 nitrogen and oxygen atoms in total. The van der Waals surface area contributed by atoms with Gasteiger partial charge in [-0.15, -0.1) is 0 Å². The van der Waals surface area contributed by atoms with Crippen LogP contribution in [0.25, 0.3) is 0 Å². The number of hydrogen-bond donors (Lipinski definition) is 1. The maximum absolute atomic E-state index is 11.4. The summed E-state index contributed by atoms with van der Waals surface area (Å²) in [6.07, 6.45) is 1.71. The second kappa shape index (κ2) is 5.85. The number of unbranched alkanes of at least 4 members (excludes halogenated alkanes) is 1. The second-order valence-electron chi connectivity index (χ2n) is 3.20. The van der Waals surface area contributed by atoms with E-state index in [0.29, 0.717) is 6.61 Å². The number of nitrogens with zero attached hydrogens (tertiary/aromatic N) is 1. The van der Waals surface area contributed by atoms with E-state index >= 15 is 0 Å². The summed E-state index contributed by atoms with van der Waals surface area (Å²) in [5, 5.41) is 8.69. The summed E-state index contributed by atoms with van der Waals surface area (Å²) in [5.74, 6) is -1.75. The van der Waals surface area contributed by atoms with Gasteiger partial charge in [0, 0.05) is 0 Å². The van der Waals surface area contributed by atoms with Crippen LogP contribution in [-0.4, -0.2) is 28.6 Å². The third-order valence-electron chi connectivity index (χ3n) is 1.91. The van der Waals surface area contributed by atoms with E-state index in [4.69, 9.17) is 9.84 Å². The number of aromatic nitrogens is 1. The van der Waals surface area contributed by atoms with Crippen molar-refractivity contribution in [1.82, 2.24) is 4.98 Å². The Kier molecular flexibility index (Phi) is 4.44. The Labute approximate surface area is 93.1 Å². The minimum absolute atomic E-state index is 0.0241. The molecule has 0 aromatic carbocycles. The highest BCUT2D eigenvalue weighted by Crippen LogP contribution is 2.02. The molecule has 0 aliphatic carbocycles. The van der Waals surface area contributed by atoms with Crippen LogP contribution in [0.15, 0.2) is 18.2 Å². The number of carbonyl (C=O) groups excluding carboxylic acids is 1. The van der Waals surface area contributed by atoms with Gasteiger partial charge in [0.05, 0.1) is 6.61 Å². The summed E-state index contributed by atoms with van der Waals surface area (Å²) >= 11 is 0. The molecule has 0 saturated heterocycles. The van der Waals surface area contributed by atoms with Gasteiger partial charge in [-0.05, 0) is 18.6 Å². The zero-order valence-corrected chi connectivity index (χ0v) is 8.97. The van der Waals surface area contributed by atoms with Crippen LogP contribution in [0.3, 0.4) is 0 Å². The third-order valence-corrected chi connectivity index (χ3v) is 1.91. The maximum Gasteiger partial charge on any atom is 0.356 e. The third kappa shape index (κ3) is 3.34. The van der Waals surface area contributed by atoms with Crippen molar-refractivity contribution in [2.75, 3.05) is 6.61 Å². The van der Waals surface area contributed by atoms with Gasteiger partial charge in [0.2, 0.25) is 0 Å². The molecular formula is C11H13NO4. The fourth-order valence-electron chi connectivity index (χ4n) is 1.05. The topological polar surface area (TPSA) is 76.5 Å². The molecule has 5 heteroatoms. The lowest BCUT2D eigenvalue weighted by Gasteiger charge is -2.03. The van der Waals surface area contributed by atoms with Crippen molar-refractivity contribution in [3.8, 4) is 0 Å². The molecule has 0 fully saturated rings. The van der Waals surface area contributed by atoms with Crippen molar-refractivity contribution in [3.05, 3.63) is 29.6 Å². The maximum atomic E-state index is 11.4. The smallest absolute Gasteiger partial charge is 0.356 e. The molecule has 1 aromatic heterocycles. The highest BCUT2D eigenvalue weighted by Gasteiger charge is 2.11. The SMILES string of the molecule is CCCCOC(=O)c1cccc(C(=O)O)n1. The molecule has 0 aliphatic rings. The quantitative estimate of drug-likeness (QED) is 0.607. The van der Waals surface area contributed by atoms with Crippen LogP contribution in [0.1, 0.15) is 40.7 Å². The van der Waals surface area contributed by atoms with Gasteiger partial charge < -0.3 is 9.84 Å². The first kappa shape index (κ1) is 12.2. The zero-order valence-electron chi connectivity index (χ0n) is 8.97. The number of rotatable bonds is 5. The van der Waals surface area contributed by atoms with Crippen molar-refractivity contribution in [3.63, 3.8) is 0 Å². The van der Waals surface area contributed by atoms with Gasteiger partial charge in [0.15, 0.2) is 0 Å². The zero-order chi connectivity index (χ0) is 12.0. The van der Waals surface area contributed by atoms with E-state index in [0.717, 1.165) is 12.8 Å². The fraction of sp³-hybridized carbons (Fsp3) is 0.364. The Morgan fingerprint density at radius 3 is 2.69 bits per heavy atom. The number of carboxylic acid groups (broad SMARTS) is 1. The summed E-state index contributed by atoms with van der Waals surface area (Å²) in [5.41, 5.74) is -0.138. The number of carboxylic acids is 1. The minimum Gasteiger partial charge on any atom is -0.477 e. The summed E-state index contributed by atoms with van der Waals surface area (Å²) in [7, 11) is 0. The van der Waals surface area contributed by atoms with Crippen molar-refractivity contribution >= 4 is 11.9 Å². The van der Waals surface area contributed by atoms with E-state index in [1.807, 2.05) is 6.92 Å². The molecule has 1 heterocycles. The average Bonchev–Trinajstić information content (AvgIpc) is 2.29. The first-order valence-corrected chi connectivity index (χ1v) is 5.02. The number of pyridine rings is 1. The molecule has 1 N–H and O–H groups in total. The van der Waals surface area contributed by atoms with E-state index in [-0.39, 0.29) is 11.4 Å². The summed E-state index contributed by atoms with van der Waals surface area (Å²) < 4.78 is 4.91. The van der Waals surface area contributed by atoms with Crippen LogP contribution in [0.5, 0.6) is 0 Å². The number of hydrogen-bond acceptors (Lipinski definition) is 4. The van der Waals surface area contributed by atoms with Crippen LogP contribution in [0.4, 0.5) is 0 Å². The number of ether oxygens (including phenoxy) is 1. The first-order valence-electron chi connectivity index (χ1n) is 5.02. The van der Waals surface area contributed by atoms with Crippen LogP contribution in [0, 0.1) is 0 Å². The van der Waals surface area contributed by atoms with Gasteiger partial charge in [0.1, 0.15) is 11.4 Å². The molecule has 0 radical (unpaired) electrons. The van der Waals surface area contributed by atoms with E-state index < -0.39 is 11.9 Å². The molecule has 1 rings (SSSR count). The largest absolute Gasteiger partial charge is 0.477 e. The minimum atomic E-state index is -1.16. The van der Waals surface area contributed by atoms with Crippen LogP contribution in [-0.2, 0) is 4.74 Å². The summed E-state index contributed by atoms with van der Waals surface area (Å²) in [6.45, 7) is 2.31. The van der Waals surface area contributed by atoms with Crippen LogP contribution < -0.4 is 0 Å². The van der Waals surface area contributed by atoms with Gasteiger partial charge in [-0.1, -0.05) is 19.4 Å². The molecule has 0 unspecified atom stereocenters. The Balaban J connectivity index is 2.68. The van der Waals surface area contributed by atoms with E-state index in [9.17, 15) is 9.59 Å². The molecule has 0 spiro atoms. The summed E-state index contributed by atoms with van der Waals surface area (Å²) in [6, 6.07) is 4.22. The molecule has 1 aromatic rings. The molecular weight excluding hydrogens is 210 g/mol. The van der Waals surface area contributed by atoms with Crippen molar-refractivity contribution in [2.24, 2.45) is 0 Å². The molecule has 0 saturated carbocycles. The lowest BCUT2D eigenvalue weighted by Crippen LogP contribution is -2.11. The highest BCUT2D eigenvalue weighted by atomic mass is 16.5. The van der Waals surface area contributed by atoms with Crippen LogP contribution >= 0.6 is 0 Å². The monoisotopic (exact) mass is 223 g/mol. The number of esters is 1. The van der Waals surface area contributed by atoms with Gasteiger partial charge in [-0.3, -0.25) is 0 Å². The van der Waals surface area contributed by atoms with Gasteiger partial charge >= 0.3 is 11.9 Å². The fourth-order valence-corrected chi connectivity index (χ4v) is 1.05. The Hall–Kier alpha value is -1.91. The normalized spacial score (nSPS) is 9.81. The molecule has 86 valence electrons. The summed E-state index contributed by atoms with van der Waals surface area (Å²) in [4.78, 5) is 25.7. The van der Waals surface area contributed by atoms with E-state index in [1.165, 1.54) is 18.2 Å². The first-order chi connectivity index (χ1) is 7.65. The second-order valence-corrected chi connectivity index (χ2v) is 3.20. The van der Waals surface area contributed by atoms with Crippen molar-refractivity contribution in [1.29, 1.82) is 0 Å². The van der Waals surface area contributed by atoms with Crippen molar-refractivity contribution < 1.29 is 19.4 Å². The predicted molar refractivity (Wildman–Crippen MR) is 56.4 cm³/mol. The van der Waals surface area contributed by atoms with Crippen molar-refractivity contribution in [2.45, 2.75) is 19.8 Å². The molecule has 0 bridgehead atoms. The van der Waals surface area contributed by atoms with Gasteiger partial charge in [-0.25, -0.2) is 14.6 Å². The standard InChI is InChI=1S/C11H13NO4/c1-2-3-7-16-11(15)9-6-4-5-8(12-9)10(13)14/h4-6H,2-3,7H2,1H3,(H,13,14). The molecule has 0 atom stereocenters. The Bertz CT molecular complexity index is 389. The Morgan fingerprint density at radius 2 is 2.06 bits per heavy atom. The number of aromatic carboxylic acids is 1. The number of carbonyl (C=O) groups is 2. The van der Waals surface area contributed by atoms with Gasteiger partial charge in [0.25, 0.3) is 0 Å². The molecule has 0 aliphatic heterocycles. The van der Waals surface area contributed by atoms with Gasteiger partial charge in [-0.2, -0.15) is 0 Å². The van der Waals surface area contributed by atoms with E-state index in [2.05, 4.69) is 4.98 Å².